The molecule has 2 heterocycles. The lowest BCUT2D eigenvalue weighted by molar-refractivity contribution is -0.138. The maximum atomic E-state index is 13.1. The number of pyridine rings is 1. The highest BCUT2D eigenvalue weighted by molar-refractivity contribution is 5.68. The predicted molar refractivity (Wildman–Crippen MR) is 77.8 cm³/mol. The molecule has 0 bridgehead atoms. The second-order valence-electron chi connectivity index (χ2n) is 6.39. The maximum Gasteiger partial charge on any atom is 0.416 e. The minimum absolute atomic E-state index is 0.0354. The highest BCUT2D eigenvalue weighted by atomic mass is 19.4. The fourth-order valence-corrected chi connectivity index (χ4v) is 2.39. The molecule has 1 aromatic heterocycles. The predicted octanol–water partition coefficient (Wildman–Crippen LogP) is 2.98. The zero-order chi connectivity index (χ0) is 17.3. The van der Waals surface area contributed by atoms with Crippen LogP contribution in [-0.2, 0) is 10.9 Å². The van der Waals surface area contributed by atoms with E-state index in [0.717, 1.165) is 12.3 Å². The molecule has 1 unspecified atom stereocenters. The van der Waals surface area contributed by atoms with Crippen molar-refractivity contribution in [3.05, 3.63) is 29.6 Å². The van der Waals surface area contributed by atoms with Crippen LogP contribution in [0.1, 0.15) is 37.9 Å². The first-order valence-electron chi connectivity index (χ1n) is 7.30. The van der Waals surface area contributed by atoms with E-state index in [1.807, 2.05) is 0 Å². The van der Waals surface area contributed by atoms with Gasteiger partial charge in [-0.25, -0.2) is 4.79 Å². The summed E-state index contributed by atoms with van der Waals surface area (Å²) in [6, 6.07) is 0.310. The molecule has 1 aliphatic heterocycles. The number of alkyl halides is 3. The van der Waals surface area contributed by atoms with Gasteiger partial charge in [0.15, 0.2) is 0 Å². The first-order valence-corrected chi connectivity index (χ1v) is 7.30. The lowest BCUT2D eigenvalue weighted by atomic mass is 10.0. The van der Waals surface area contributed by atoms with Gasteiger partial charge in [-0.3, -0.25) is 4.98 Å². The summed E-state index contributed by atoms with van der Waals surface area (Å²) in [5, 5.41) is 3.01. The van der Waals surface area contributed by atoms with Gasteiger partial charge in [0.1, 0.15) is 5.60 Å². The molecule has 1 N–H and O–H groups in total. The normalized spacial score (nSPS) is 19.6. The SMILES string of the molecule is CC(C)(C)OC(=O)N1CCNC(c2cnccc2C(F)(F)F)C1. The largest absolute Gasteiger partial charge is 0.444 e. The summed E-state index contributed by atoms with van der Waals surface area (Å²) < 4.78 is 44.6. The van der Waals surface area contributed by atoms with Crippen molar-refractivity contribution in [3.63, 3.8) is 0 Å². The number of carbonyl (C=O) groups is 1. The molecular formula is C15H20F3N3O2. The van der Waals surface area contributed by atoms with Crippen molar-refractivity contribution >= 4 is 6.09 Å². The van der Waals surface area contributed by atoms with Gasteiger partial charge in [-0.15, -0.1) is 0 Å². The summed E-state index contributed by atoms with van der Waals surface area (Å²) in [7, 11) is 0. The van der Waals surface area contributed by atoms with E-state index in [0.29, 0.717) is 13.1 Å². The third-order valence-electron chi connectivity index (χ3n) is 3.36. The van der Waals surface area contributed by atoms with E-state index in [1.54, 1.807) is 20.8 Å². The van der Waals surface area contributed by atoms with Gasteiger partial charge in [0.25, 0.3) is 0 Å². The van der Waals surface area contributed by atoms with Crippen molar-refractivity contribution in [1.29, 1.82) is 0 Å². The molecule has 5 nitrogen and oxygen atoms in total. The molecule has 0 spiro atoms. The summed E-state index contributed by atoms with van der Waals surface area (Å²) in [4.78, 5) is 17.3. The zero-order valence-corrected chi connectivity index (χ0v) is 13.3. The fraction of sp³-hybridized carbons (Fsp3) is 0.600. The number of nitrogens with one attached hydrogen (secondary N) is 1. The van der Waals surface area contributed by atoms with Crippen molar-refractivity contribution in [2.24, 2.45) is 0 Å². The Labute approximate surface area is 132 Å². The zero-order valence-electron chi connectivity index (χ0n) is 13.3. The Balaban J connectivity index is 2.18. The molecule has 2 rings (SSSR count). The van der Waals surface area contributed by atoms with E-state index < -0.39 is 29.5 Å². The topological polar surface area (TPSA) is 54.5 Å². The fourth-order valence-electron chi connectivity index (χ4n) is 2.39. The van der Waals surface area contributed by atoms with Crippen molar-refractivity contribution in [2.45, 2.75) is 38.6 Å². The molecule has 1 atom stereocenters. The average molecular weight is 331 g/mol. The summed E-state index contributed by atoms with van der Waals surface area (Å²) in [6.45, 7) is 6.10. The molecule has 1 aromatic rings. The first-order chi connectivity index (χ1) is 10.6. The molecule has 1 amide bonds. The van der Waals surface area contributed by atoms with Crippen LogP contribution in [0, 0.1) is 0 Å². The van der Waals surface area contributed by atoms with Gasteiger partial charge in [0, 0.05) is 37.6 Å². The molecule has 1 aliphatic rings. The lowest BCUT2D eigenvalue weighted by Crippen LogP contribution is -2.50. The van der Waals surface area contributed by atoms with Crippen LogP contribution in [0.2, 0.25) is 0 Å². The molecule has 0 radical (unpaired) electrons. The Morgan fingerprint density at radius 1 is 1.39 bits per heavy atom. The smallest absolute Gasteiger partial charge is 0.416 e. The van der Waals surface area contributed by atoms with Gasteiger partial charge in [-0.2, -0.15) is 13.2 Å². The molecular weight excluding hydrogens is 311 g/mol. The number of aromatic nitrogens is 1. The van der Waals surface area contributed by atoms with Crippen LogP contribution in [0.3, 0.4) is 0 Å². The van der Waals surface area contributed by atoms with E-state index in [1.165, 1.54) is 11.1 Å². The lowest BCUT2D eigenvalue weighted by Gasteiger charge is -2.35. The number of hydrogen-bond donors (Lipinski definition) is 1. The third-order valence-corrected chi connectivity index (χ3v) is 3.36. The Bertz CT molecular complexity index is 570. The van der Waals surface area contributed by atoms with E-state index >= 15 is 0 Å². The number of amides is 1. The number of hydrogen-bond acceptors (Lipinski definition) is 4. The van der Waals surface area contributed by atoms with E-state index in [9.17, 15) is 18.0 Å². The number of ether oxygens (including phenoxy) is 1. The molecule has 8 heteroatoms. The number of carbonyl (C=O) groups excluding carboxylic acids is 1. The van der Waals surface area contributed by atoms with Crippen LogP contribution in [-0.4, -0.2) is 41.2 Å². The molecule has 0 aromatic carbocycles. The Morgan fingerprint density at radius 3 is 2.70 bits per heavy atom. The van der Waals surface area contributed by atoms with E-state index in [-0.39, 0.29) is 12.1 Å². The van der Waals surface area contributed by atoms with Crippen molar-refractivity contribution in [3.8, 4) is 0 Å². The highest BCUT2D eigenvalue weighted by Gasteiger charge is 2.37. The van der Waals surface area contributed by atoms with Crippen molar-refractivity contribution in [1.82, 2.24) is 15.2 Å². The van der Waals surface area contributed by atoms with Gasteiger partial charge in [0.05, 0.1) is 11.6 Å². The molecule has 1 fully saturated rings. The van der Waals surface area contributed by atoms with Crippen LogP contribution >= 0.6 is 0 Å². The molecule has 0 saturated carbocycles. The van der Waals surface area contributed by atoms with E-state index in [2.05, 4.69) is 10.3 Å². The Kier molecular flexibility index (Phi) is 4.84. The van der Waals surface area contributed by atoms with Crippen LogP contribution in [0.25, 0.3) is 0 Å². The molecule has 1 saturated heterocycles. The number of rotatable bonds is 1. The van der Waals surface area contributed by atoms with Crippen LogP contribution in [0.15, 0.2) is 18.5 Å². The molecule has 0 aliphatic carbocycles. The average Bonchev–Trinajstić information content (AvgIpc) is 2.45. The maximum absolute atomic E-state index is 13.1. The van der Waals surface area contributed by atoms with Gasteiger partial charge in [-0.05, 0) is 26.8 Å². The third kappa shape index (κ3) is 4.57. The monoisotopic (exact) mass is 331 g/mol. The Morgan fingerprint density at radius 2 is 2.09 bits per heavy atom. The number of halogens is 3. The summed E-state index contributed by atoms with van der Waals surface area (Å²) in [5.74, 6) is 0. The number of nitrogens with zero attached hydrogens (tertiary/aromatic N) is 2. The minimum atomic E-state index is -4.46. The molecule has 128 valence electrons. The second kappa shape index (κ2) is 6.35. The van der Waals surface area contributed by atoms with Gasteiger partial charge >= 0.3 is 12.3 Å². The van der Waals surface area contributed by atoms with Gasteiger partial charge in [0.2, 0.25) is 0 Å². The number of piperazine rings is 1. The quantitative estimate of drug-likeness (QED) is 0.859. The summed E-state index contributed by atoms with van der Waals surface area (Å²) in [6.07, 6.45) is -2.69. The van der Waals surface area contributed by atoms with Crippen molar-refractivity contribution in [2.75, 3.05) is 19.6 Å². The minimum Gasteiger partial charge on any atom is -0.444 e. The molecule has 23 heavy (non-hydrogen) atoms. The van der Waals surface area contributed by atoms with Gasteiger partial charge < -0.3 is 15.0 Å². The van der Waals surface area contributed by atoms with Crippen molar-refractivity contribution < 1.29 is 22.7 Å². The Hall–Kier alpha value is -1.83. The van der Waals surface area contributed by atoms with Gasteiger partial charge in [-0.1, -0.05) is 0 Å². The van der Waals surface area contributed by atoms with E-state index in [4.69, 9.17) is 4.74 Å². The van der Waals surface area contributed by atoms with Crippen LogP contribution in [0.4, 0.5) is 18.0 Å². The summed E-state index contributed by atoms with van der Waals surface area (Å²) in [5.41, 5.74) is -1.35. The summed E-state index contributed by atoms with van der Waals surface area (Å²) >= 11 is 0. The standard InChI is InChI=1S/C15H20F3N3O2/c1-14(2,3)23-13(22)21-7-6-20-12(9-21)10-8-19-5-4-11(10)15(16,17)18/h4-5,8,12,20H,6-7,9H2,1-3H3. The first kappa shape index (κ1) is 17.5. The van der Waals surface area contributed by atoms with Crippen LogP contribution < -0.4 is 5.32 Å². The van der Waals surface area contributed by atoms with Crippen LogP contribution in [0.5, 0.6) is 0 Å². The second-order valence-corrected chi connectivity index (χ2v) is 6.39. The highest BCUT2D eigenvalue weighted by Crippen LogP contribution is 2.34.